The third-order valence-corrected chi connectivity index (χ3v) is 2.49. The van der Waals surface area contributed by atoms with Crippen molar-refractivity contribution in [2.45, 2.75) is 0 Å². The number of aromatic nitrogens is 1. The molecule has 0 amide bonds. The van der Waals surface area contributed by atoms with E-state index in [1.165, 1.54) is 26.4 Å². The maximum absolute atomic E-state index is 13.5. The first-order valence-electron chi connectivity index (χ1n) is 4.81. The second-order valence-electron chi connectivity index (χ2n) is 3.44. The van der Waals surface area contributed by atoms with Gasteiger partial charge in [-0.3, -0.25) is 0 Å². The number of H-pyrrole nitrogens is 1. The number of nitrogen functional groups attached to an aromatic ring is 1. The number of hydrogen-bond donors (Lipinski definition) is 2. The maximum atomic E-state index is 13.5. The van der Waals surface area contributed by atoms with Crippen LogP contribution in [0, 0.1) is 5.82 Å². The Labute approximate surface area is 96.3 Å². The predicted octanol–water partition coefficient (Wildman–Crippen LogP) is 1.68. The molecule has 0 unspecified atom stereocenters. The van der Waals surface area contributed by atoms with E-state index in [0.717, 1.165) is 0 Å². The molecule has 1 aromatic carbocycles. The van der Waals surface area contributed by atoms with Gasteiger partial charge >= 0.3 is 5.97 Å². The highest BCUT2D eigenvalue weighted by Gasteiger charge is 2.19. The van der Waals surface area contributed by atoms with Crippen LogP contribution in [0.4, 0.5) is 10.2 Å². The van der Waals surface area contributed by atoms with E-state index in [-0.39, 0.29) is 17.1 Å². The summed E-state index contributed by atoms with van der Waals surface area (Å²) >= 11 is 0. The summed E-state index contributed by atoms with van der Waals surface area (Å²) in [5.41, 5.74) is 6.30. The number of carbonyl (C=O) groups is 1. The Balaban J connectivity index is 2.74. The van der Waals surface area contributed by atoms with Crippen LogP contribution in [-0.4, -0.2) is 25.2 Å². The third kappa shape index (κ3) is 1.67. The fraction of sp³-hybridized carbons (Fsp3) is 0.182. The number of nitrogens with two attached hydrogens (primary N) is 1. The highest BCUT2D eigenvalue weighted by atomic mass is 19.1. The van der Waals surface area contributed by atoms with Crippen molar-refractivity contribution in [3.8, 4) is 5.75 Å². The molecule has 0 radical (unpaired) electrons. The summed E-state index contributed by atoms with van der Waals surface area (Å²) < 4.78 is 23.0. The van der Waals surface area contributed by atoms with Crippen molar-refractivity contribution >= 4 is 22.7 Å². The standard InChI is InChI=1S/C11H11FN2O3/c1-16-8-4-7-5(3-6(8)12)9(10(13)14-7)11(15)17-2/h3-4,14H,13H2,1-2H3. The van der Waals surface area contributed by atoms with E-state index in [1.807, 2.05) is 0 Å². The average Bonchev–Trinajstić information content (AvgIpc) is 2.62. The zero-order valence-electron chi connectivity index (χ0n) is 9.33. The number of methoxy groups -OCH3 is 2. The molecule has 2 rings (SSSR count). The summed E-state index contributed by atoms with van der Waals surface area (Å²) in [4.78, 5) is 14.3. The van der Waals surface area contributed by atoms with E-state index >= 15 is 0 Å². The molecule has 0 bridgehead atoms. The lowest BCUT2D eigenvalue weighted by atomic mass is 10.1. The van der Waals surface area contributed by atoms with Gasteiger partial charge in [0.1, 0.15) is 11.4 Å². The van der Waals surface area contributed by atoms with Crippen LogP contribution in [0.15, 0.2) is 12.1 Å². The van der Waals surface area contributed by atoms with Crippen molar-refractivity contribution in [2.75, 3.05) is 20.0 Å². The zero-order chi connectivity index (χ0) is 12.6. The minimum absolute atomic E-state index is 0.0789. The van der Waals surface area contributed by atoms with E-state index in [2.05, 4.69) is 9.72 Å². The lowest BCUT2D eigenvalue weighted by molar-refractivity contribution is 0.0604. The first-order chi connectivity index (χ1) is 8.08. The van der Waals surface area contributed by atoms with Crippen molar-refractivity contribution < 1.29 is 18.7 Å². The van der Waals surface area contributed by atoms with Crippen LogP contribution >= 0.6 is 0 Å². The topological polar surface area (TPSA) is 77.3 Å². The smallest absolute Gasteiger partial charge is 0.342 e. The molecule has 17 heavy (non-hydrogen) atoms. The third-order valence-electron chi connectivity index (χ3n) is 2.49. The molecule has 0 aliphatic carbocycles. The number of ether oxygens (including phenoxy) is 2. The Hall–Kier alpha value is -2.24. The van der Waals surface area contributed by atoms with E-state index in [4.69, 9.17) is 10.5 Å². The van der Waals surface area contributed by atoms with E-state index < -0.39 is 11.8 Å². The lowest BCUT2D eigenvalue weighted by Crippen LogP contribution is -2.03. The fourth-order valence-corrected chi connectivity index (χ4v) is 1.69. The molecule has 0 aliphatic rings. The van der Waals surface area contributed by atoms with Crippen LogP contribution in [0.5, 0.6) is 5.75 Å². The second kappa shape index (κ2) is 3.97. The SMILES string of the molecule is COC(=O)c1c(N)[nH]c2cc(OC)c(F)cc12. The number of benzene rings is 1. The van der Waals surface area contributed by atoms with Gasteiger partial charge in [0.15, 0.2) is 11.6 Å². The molecular formula is C11H11FN2O3. The first-order valence-corrected chi connectivity index (χ1v) is 4.81. The minimum Gasteiger partial charge on any atom is -0.494 e. The van der Waals surface area contributed by atoms with Crippen LogP contribution in [0.1, 0.15) is 10.4 Å². The van der Waals surface area contributed by atoms with E-state index in [1.54, 1.807) is 0 Å². The fourth-order valence-electron chi connectivity index (χ4n) is 1.69. The summed E-state index contributed by atoms with van der Waals surface area (Å²) in [6.07, 6.45) is 0. The highest BCUT2D eigenvalue weighted by Crippen LogP contribution is 2.30. The van der Waals surface area contributed by atoms with E-state index in [0.29, 0.717) is 10.9 Å². The average molecular weight is 238 g/mol. The predicted molar refractivity (Wildman–Crippen MR) is 60.6 cm³/mol. The molecule has 2 aromatic rings. The van der Waals surface area contributed by atoms with Crippen molar-refractivity contribution in [3.63, 3.8) is 0 Å². The summed E-state index contributed by atoms with van der Waals surface area (Å²) in [7, 11) is 2.60. The molecule has 5 nitrogen and oxygen atoms in total. The number of rotatable bonds is 2. The Morgan fingerprint density at radius 3 is 2.71 bits per heavy atom. The lowest BCUT2D eigenvalue weighted by Gasteiger charge is -2.02. The second-order valence-corrected chi connectivity index (χ2v) is 3.44. The van der Waals surface area contributed by atoms with Gasteiger partial charge in [0.05, 0.1) is 19.7 Å². The van der Waals surface area contributed by atoms with Gasteiger partial charge in [-0.15, -0.1) is 0 Å². The van der Waals surface area contributed by atoms with Crippen molar-refractivity contribution in [2.24, 2.45) is 0 Å². The first kappa shape index (κ1) is 11.3. The van der Waals surface area contributed by atoms with Crippen LogP contribution in [0.2, 0.25) is 0 Å². The molecule has 1 aromatic heterocycles. The van der Waals surface area contributed by atoms with Gasteiger partial charge in [-0.2, -0.15) is 0 Å². The molecular weight excluding hydrogens is 227 g/mol. The quantitative estimate of drug-likeness (QED) is 0.780. The minimum atomic E-state index is -0.613. The molecule has 0 saturated heterocycles. The molecule has 0 fully saturated rings. The number of halogens is 1. The van der Waals surface area contributed by atoms with Gasteiger partial charge in [0.25, 0.3) is 0 Å². The van der Waals surface area contributed by atoms with Crippen LogP contribution in [0.3, 0.4) is 0 Å². The Kier molecular flexibility index (Phi) is 2.63. The zero-order valence-corrected chi connectivity index (χ0v) is 9.33. The van der Waals surface area contributed by atoms with Crippen molar-refractivity contribution in [3.05, 3.63) is 23.5 Å². The summed E-state index contributed by atoms with van der Waals surface area (Å²) in [5.74, 6) is -0.961. The molecule has 1 heterocycles. The van der Waals surface area contributed by atoms with Crippen molar-refractivity contribution in [1.82, 2.24) is 4.98 Å². The Bertz CT molecular complexity index is 592. The number of hydrogen-bond acceptors (Lipinski definition) is 4. The van der Waals surface area contributed by atoms with Gasteiger partial charge < -0.3 is 20.2 Å². The van der Waals surface area contributed by atoms with Gasteiger partial charge in [-0.25, -0.2) is 9.18 Å². The number of aromatic amines is 1. The van der Waals surface area contributed by atoms with Gasteiger partial charge in [0, 0.05) is 11.5 Å². The number of esters is 1. The maximum Gasteiger partial charge on any atom is 0.342 e. The normalized spacial score (nSPS) is 10.5. The highest BCUT2D eigenvalue weighted by molar-refractivity contribution is 6.09. The molecule has 0 spiro atoms. The van der Waals surface area contributed by atoms with Gasteiger partial charge in [-0.05, 0) is 6.07 Å². The molecule has 0 aliphatic heterocycles. The summed E-state index contributed by atoms with van der Waals surface area (Å²) in [6.45, 7) is 0. The summed E-state index contributed by atoms with van der Waals surface area (Å²) in [6, 6.07) is 2.63. The van der Waals surface area contributed by atoms with Crippen molar-refractivity contribution in [1.29, 1.82) is 0 Å². The Morgan fingerprint density at radius 2 is 2.12 bits per heavy atom. The number of nitrogens with one attached hydrogen (secondary N) is 1. The van der Waals surface area contributed by atoms with Crippen LogP contribution in [0.25, 0.3) is 10.9 Å². The number of fused-ring (bicyclic) bond motifs is 1. The monoisotopic (exact) mass is 238 g/mol. The number of anilines is 1. The van der Waals surface area contributed by atoms with Gasteiger partial charge in [-0.1, -0.05) is 0 Å². The Morgan fingerprint density at radius 1 is 1.41 bits per heavy atom. The molecule has 90 valence electrons. The van der Waals surface area contributed by atoms with Crippen LogP contribution < -0.4 is 10.5 Å². The molecule has 6 heteroatoms. The molecule has 0 atom stereocenters. The largest absolute Gasteiger partial charge is 0.494 e. The van der Waals surface area contributed by atoms with Gasteiger partial charge in [0.2, 0.25) is 0 Å². The molecule has 3 N–H and O–H groups in total. The molecule has 0 saturated carbocycles. The number of carbonyl (C=O) groups excluding carboxylic acids is 1. The van der Waals surface area contributed by atoms with E-state index in [9.17, 15) is 9.18 Å². The van der Waals surface area contributed by atoms with Crippen LogP contribution in [-0.2, 0) is 4.74 Å². The summed E-state index contributed by atoms with van der Waals surface area (Å²) in [5, 5.41) is 0.368.